The molecule has 0 aliphatic rings. The third-order valence-electron chi connectivity index (χ3n) is 3.24. The molecule has 0 radical (unpaired) electrons. The van der Waals surface area contributed by atoms with Crippen LogP contribution < -0.4 is 5.32 Å². The first kappa shape index (κ1) is 13.9. The Bertz CT molecular complexity index is 760. The van der Waals surface area contributed by atoms with E-state index in [0.717, 1.165) is 10.5 Å². The van der Waals surface area contributed by atoms with Crippen molar-refractivity contribution in [2.75, 3.05) is 20.3 Å². The Labute approximate surface area is 127 Å². The molecule has 0 atom stereocenters. The number of hydrogen-bond donors (Lipinski definition) is 1. The molecule has 2 aromatic heterocycles. The summed E-state index contributed by atoms with van der Waals surface area (Å²) >= 11 is 1.48. The molecule has 0 fully saturated rings. The van der Waals surface area contributed by atoms with Gasteiger partial charge in [-0.2, -0.15) is 0 Å². The summed E-state index contributed by atoms with van der Waals surface area (Å²) in [5, 5.41) is 5.06. The van der Waals surface area contributed by atoms with Gasteiger partial charge < -0.3 is 14.6 Å². The highest BCUT2D eigenvalue weighted by molar-refractivity contribution is 7.16. The Balaban J connectivity index is 1.83. The predicted molar refractivity (Wildman–Crippen MR) is 85.4 cm³/mol. The summed E-state index contributed by atoms with van der Waals surface area (Å²) in [6, 6.07) is 14.1. The molecule has 0 unspecified atom stereocenters. The van der Waals surface area contributed by atoms with Crippen LogP contribution in [-0.4, -0.2) is 30.7 Å². The van der Waals surface area contributed by atoms with Crippen molar-refractivity contribution in [2.45, 2.75) is 0 Å². The molecule has 21 heavy (non-hydrogen) atoms. The van der Waals surface area contributed by atoms with Crippen LogP contribution in [0.5, 0.6) is 0 Å². The SMILES string of the molecule is COCCNC(=O)c1ccc(-n2ccc3ccccc32)s1. The molecule has 0 saturated carbocycles. The number of methoxy groups -OCH3 is 1. The molecule has 0 aliphatic carbocycles. The van der Waals surface area contributed by atoms with E-state index in [0.29, 0.717) is 18.0 Å². The van der Waals surface area contributed by atoms with E-state index in [4.69, 9.17) is 4.74 Å². The highest BCUT2D eigenvalue weighted by Gasteiger charge is 2.10. The van der Waals surface area contributed by atoms with Crippen molar-refractivity contribution in [2.24, 2.45) is 0 Å². The van der Waals surface area contributed by atoms with Crippen LogP contribution in [0.25, 0.3) is 15.9 Å². The zero-order valence-electron chi connectivity index (χ0n) is 11.7. The minimum absolute atomic E-state index is 0.0558. The molecule has 1 N–H and O–H groups in total. The van der Waals surface area contributed by atoms with E-state index < -0.39 is 0 Å². The number of hydrogen-bond acceptors (Lipinski definition) is 3. The molecule has 0 bridgehead atoms. The normalized spacial score (nSPS) is 10.9. The van der Waals surface area contributed by atoms with Crippen molar-refractivity contribution in [1.82, 2.24) is 9.88 Å². The fourth-order valence-electron chi connectivity index (χ4n) is 2.21. The number of carbonyl (C=O) groups excluding carboxylic acids is 1. The van der Waals surface area contributed by atoms with E-state index in [1.807, 2.05) is 30.5 Å². The van der Waals surface area contributed by atoms with Crippen molar-refractivity contribution in [3.63, 3.8) is 0 Å². The van der Waals surface area contributed by atoms with Crippen molar-refractivity contribution in [3.05, 3.63) is 53.5 Å². The summed E-state index contributed by atoms with van der Waals surface area (Å²) in [6.07, 6.45) is 2.03. The quantitative estimate of drug-likeness (QED) is 0.736. The number of aromatic nitrogens is 1. The van der Waals surface area contributed by atoms with Crippen molar-refractivity contribution in [1.29, 1.82) is 0 Å². The van der Waals surface area contributed by atoms with Gasteiger partial charge >= 0.3 is 0 Å². The molecule has 1 amide bonds. The molecule has 4 nitrogen and oxygen atoms in total. The first-order valence-electron chi connectivity index (χ1n) is 6.73. The monoisotopic (exact) mass is 300 g/mol. The second-order valence-corrected chi connectivity index (χ2v) is 5.69. The Morgan fingerprint density at radius 3 is 2.95 bits per heavy atom. The Morgan fingerprint density at radius 1 is 1.24 bits per heavy atom. The molecule has 5 heteroatoms. The minimum Gasteiger partial charge on any atom is -0.383 e. The minimum atomic E-state index is -0.0558. The van der Waals surface area contributed by atoms with Gasteiger partial charge in [-0.1, -0.05) is 18.2 Å². The highest BCUT2D eigenvalue weighted by atomic mass is 32.1. The maximum atomic E-state index is 12.0. The fraction of sp³-hybridized carbons (Fsp3) is 0.188. The van der Waals surface area contributed by atoms with Gasteiger partial charge in [-0.25, -0.2) is 0 Å². The van der Waals surface area contributed by atoms with Gasteiger partial charge in [0.15, 0.2) is 0 Å². The predicted octanol–water partition coefficient (Wildman–Crippen LogP) is 3.07. The van der Waals surface area contributed by atoms with Crippen LogP contribution >= 0.6 is 11.3 Å². The Hall–Kier alpha value is -2.11. The number of benzene rings is 1. The van der Waals surface area contributed by atoms with Crippen LogP contribution in [0.3, 0.4) is 0 Å². The van der Waals surface area contributed by atoms with E-state index >= 15 is 0 Å². The van der Waals surface area contributed by atoms with Gasteiger partial charge in [0.05, 0.1) is 17.0 Å². The average molecular weight is 300 g/mol. The first-order chi connectivity index (χ1) is 10.3. The lowest BCUT2D eigenvalue weighted by atomic mass is 10.2. The van der Waals surface area contributed by atoms with Gasteiger partial charge in [0, 0.05) is 19.9 Å². The van der Waals surface area contributed by atoms with Crippen molar-refractivity contribution < 1.29 is 9.53 Å². The van der Waals surface area contributed by atoms with E-state index in [-0.39, 0.29) is 5.91 Å². The highest BCUT2D eigenvalue weighted by Crippen LogP contribution is 2.26. The summed E-state index contributed by atoms with van der Waals surface area (Å²) in [4.78, 5) is 12.7. The van der Waals surface area contributed by atoms with Crippen LogP contribution in [0.4, 0.5) is 0 Å². The summed E-state index contributed by atoms with van der Waals surface area (Å²) in [5.41, 5.74) is 1.14. The number of nitrogens with one attached hydrogen (secondary N) is 1. The van der Waals surface area contributed by atoms with Gasteiger partial charge in [0.2, 0.25) is 0 Å². The van der Waals surface area contributed by atoms with E-state index in [1.165, 1.54) is 16.7 Å². The van der Waals surface area contributed by atoms with Crippen LogP contribution in [0.1, 0.15) is 9.67 Å². The number of fused-ring (bicyclic) bond motifs is 1. The van der Waals surface area contributed by atoms with Crippen molar-refractivity contribution >= 4 is 28.1 Å². The third kappa shape index (κ3) is 2.84. The van der Waals surface area contributed by atoms with Gasteiger partial charge in [-0.15, -0.1) is 11.3 Å². The maximum absolute atomic E-state index is 12.0. The average Bonchev–Trinajstić information content (AvgIpc) is 3.13. The van der Waals surface area contributed by atoms with Crippen molar-refractivity contribution in [3.8, 4) is 5.00 Å². The Morgan fingerprint density at radius 2 is 2.10 bits per heavy atom. The summed E-state index contributed by atoms with van der Waals surface area (Å²) in [5.74, 6) is -0.0558. The first-order valence-corrected chi connectivity index (χ1v) is 7.54. The number of para-hydroxylation sites is 1. The summed E-state index contributed by atoms with van der Waals surface area (Å²) < 4.78 is 7.03. The molecular formula is C16H16N2O2S. The topological polar surface area (TPSA) is 43.3 Å². The zero-order valence-corrected chi connectivity index (χ0v) is 12.5. The second kappa shape index (κ2) is 6.11. The fourth-order valence-corrected chi connectivity index (χ4v) is 3.13. The molecule has 0 saturated heterocycles. The van der Waals surface area contributed by atoms with Gasteiger partial charge in [0.1, 0.15) is 5.00 Å². The molecule has 3 rings (SSSR count). The number of rotatable bonds is 5. The molecule has 108 valence electrons. The third-order valence-corrected chi connectivity index (χ3v) is 4.33. The lowest BCUT2D eigenvalue weighted by molar-refractivity contribution is 0.0941. The van der Waals surface area contributed by atoms with Crippen LogP contribution in [0.2, 0.25) is 0 Å². The summed E-state index contributed by atoms with van der Waals surface area (Å²) in [7, 11) is 1.62. The second-order valence-electron chi connectivity index (χ2n) is 4.63. The number of amides is 1. The number of thiophene rings is 1. The van der Waals surface area contributed by atoms with Crippen LogP contribution in [-0.2, 0) is 4.74 Å². The lowest BCUT2D eigenvalue weighted by Gasteiger charge is -2.02. The Kier molecular flexibility index (Phi) is 4.03. The smallest absolute Gasteiger partial charge is 0.261 e. The molecule has 0 spiro atoms. The van der Waals surface area contributed by atoms with Gasteiger partial charge in [0.25, 0.3) is 5.91 Å². The largest absolute Gasteiger partial charge is 0.383 e. The van der Waals surface area contributed by atoms with Crippen LogP contribution in [0, 0.1) is 0 Å². The van der Waals surface area contributed by atoms with Gasteiger partial charge in [-0.3, -0.25) is 4.79 Å². The maximum Gasteiger partial charge on any atom is 0.261 e. The molecule has 2 heterocycles. The standard InChI is InChI=1S/C16H16N2O2S/c1-20-11-9-17-16(19)14-6-7-15(21-14)18-10-8-12-4-2-3-5-13(12)18/h2-8,10H,9,11H2,1H3,(H,17,19). The molecular weight excluding hydrogens is 284 g/mol. The summed E-state index contributed by atoms with van der Waals surface area (Å²) in [6.45, 7) is 1.04. The van der Waals surface area contributed by atoms with Gasteiger partial charge in [-0.05, 0) is 29.7 Å². The van der Waals surface area contributed by atoms with E-state index in [2.05, 4.69) is 28.1 Å². The lowest BCUT2D eigenvalue weighted by Crippen LogP contribution is -2.26. The molecule has 1 aromatic carbocycles. The molecule has 0 aliphatic heterocycles. The zero-order chi connectivity index (χ0) is 14.7. The van der Waals surface area contributed by atoms with E-state index in [9.17, 15) is 4.79 Å². The number of carbonyl (C=O) groups is 1. The number of nitrogens with zero attached hydrogens (tertiary/aromatic N) is 1. The van der Waals surface area contributed by atoms with Crippen LogP contribution in [0.15, 0.2) is 48.7 Å². The number of ether oxygens (including phenoxy) is 1. The van der Waals surface area contributed by atoms with E-state index in [1.54, 1.807) is 7.11 Å². The molecule has 3 aromatic rings.